The van der Waals surface area contributed by atoms with E-state index in [-0.39, 0.29) is 11.9 Å². The summed E-state index contributed by atoms with van der Waals surface area (Å²) in [7, 11) is 0. The predicted molar refractivity (Wildman–Crippen MR) is 119 cm³/mol. The molecule has 2 heterocycles. The fraction of sp³-hybridized carbons (Fsp3) is 0.208. The largest absolute Gasteiger partial charge is 0.369 e. The molecule has 6 nitrogen and oxygen atoms in total. The first kappa shape index (κ1) is 19.6. The highest BCUT2D eigenvalue weighted by atomic mass is 16.1. The molecule has 0 aliphatic rings. The fourth-order valence-corrected chi connectivity index (χ4v) is 3.54. The Labute approximate surface area is 176 Å². The van der Waals surface area contributed by atoms with Crippen LogP contribution < -0.4 is 10.6 Å². The number of aryl methyl sites for hydroxylation is 1. The lowest BCUT2D eigenvalue weighted by atomic mass is 10.1. The van der Waals surface area contributed by atoms with Crippen molar-refractivity contribution in [1.29, 1.82) is 0 Å². The highest BCUT2D eigenvalue weighted by molar-refractivity contribution is 5.80. The van der Waals surface area contributed by atoms with Gasteiger partial charge >= 0.3 is 0 Å². The number of fused-ring (bicyclic) bond motifs is 1. The van der Waals surface area contributed by atoms with E-state index in [0.717, 1.165) is 33.8 Å². The summed E-state index contributed by atoms with van der Waals surface area (Å²) in [6, 6.07) is 18.1. The van der Waals surface area contributed by atoms with Gasteiger partial charge in [-0.1, -0.05) is 54.6 Å². The first-order chi connectivity index (χ1) is 14.6. The van der Waals surface area contributed by atoms with Gasteiger partial charge in [-0.3, -0.25) is 14.2 Å². The molecule has 0 spiro atoms. The second-order valence-corrected chi connectivity index (χ2v) is 7.31. The van der Waals surface area contributed by atoms with Crippen LogP contribution in [-0.2, 0) is 4.79 Å². The third kappa shape index (κ3) is 4.17. The van der Waals surface area contributed by atoms with E-state index in [1.165, 1.54) is 0 Å². The zero-order chi connectivity index (χ0) is 20.9. The van der Waals surface area contributed by atoms with Gasteiger partial charge in [-0.2, -0.15) is 0 Å². The van der Waals surface area contributed by atoms with Crippen LogP contribution in [0.5, 0.6) is 0 Å². The zero-order valence-electron chi connectivity index (χ0n) is 17.2. The lowest BCUT2D eigenvalue weighted by Crippen LogP contribution is -2.28. The highest BCUT2D eigenvalue weighted by Gasteiger charge is 2.16. The maximum absolute atomic E-state index is 12.4. The Bertz CT molecular complexity index is 1150. The number of imidazole rings is 1. The van der Waals surface area contributed by atoms with E-state index < -0.39 is 0 Å². The van der Waals surface area contributed by atoms with E-state index >= 15 is 0 Å². The Hall–Kier alpha value is -3.67. The normalized spacial score (nSPS) is 11.9. The third-order valence-electron chi connectivity index (χ3n) is 5.15. The Morgan fingerprint density at radius 2 is 1.87 bits per heavy atom. The van der Waals surface area contributed by atoms with Crippen molar-refractivity contribution in [1.82, 2.24) is 19.7 Å². The molecule has 6 heteroatoms. The van der Waals surface area contributed by atoms with Crippen molar-refractivity contribution in [3.63, 3.8) is 0 Å². The number of nitrogens with one attached hydrogen (secondary N) is 2. The number of aromatic nitrogens is 3. The monoisotopic (exact) mass is 399 g/mol. The zero-order valence-corrected chi connectivity index (χ0v) is 17.2. The van der Waals surface area contributed by atoms with Gasteiger partial charge in [-0.15, -0.1) is 0 Å². The average Bonchev–Trinajstić information content (AvgIpc) is 3.13. The lowest BCUT2D eigenvalue weighted by molar-refractivity contribution is -0.121. The van der Waals surface area contributed by atoms with Crippen molar-refractivity contribution < 1.29 is 4.79 Å². The van der Waals surface area contributed by atoms with Crippen molar-refractivity contribution >= 4 is 17.4 Å². The summed E-state index contributed by atoms with van der Waals surface area (Å²) < 4.78 is 1.97. The van der Waals surface area contributed by atoms with E-state index in [9.17, 15) is 4.79 Å². The quantitative estimate of drug-likeness (QED) is 0.484. The second-order valence-electron chi connectivity index (χ2n) is 7.31. The van der Waals surface area contributed by atoms with Crippen LogP contribution in [0.2, 0.25) is 0 Å². The number of carbonyl (C=O) groups is 1. The molecule has 4 aromatic rings. The molecule has 1 amide bonds. The van der Waals surface area contributed by atoms with E-state index in [1.54, 1.807) is 12.4 Å². The van der Waals surface area contributed by atoms with Gasteiger partial charge in [0.2, 0.25) is 5.91 Å². The minimum absolute atomic E-state index is 0.00628. The summed E-state index contributed by atoms with van der Waals surface area (Å²) in [5.74, 6) is 0.873. The minimum Gasteiger partial charge on any atom is -0.369 e. The SMILES string of the molecule is Cc1ccccc1-c1nc2cnccn2c1NCCC(=O)NC(C)c1ccccc1. The molecule has 4 rings (SSSR count). The Kier molecular flexibility index (Phi) is 5.75. The van der Waals surface area contributed by atoms with Crippen LogP contribution in [0.1, 0.15) is 30.5 Å². The van der Waals surface area contributed by atoms with Crippen molar-refractivity contribution in [2.24, 2.45) is 0 Å². The van der Waals surface area contributed by atoms with E-state index in [1.807, 2.05) is 60.0 Å². The van der Waals surface area contributed by atoms with Crippen LogP contribution in [0, 0.1) is 6.92 Å². The van der Waals surface area contributed by atoms with Gasteiger partial charge in [0.1, 0.15) is 11.5 Å². The molecule has 0 saturated carbocycles. The third-order valence-corrected chi connectivity index (χ3v) is 5.15. The van der Waals surface area contributed by atoms with Gasteiger partial charge in [-0.05, 0) is 25.0 Å². The Balaban J connectivity index is 1.48. The molecule has 2 aromatic heterocycles. The number of amides is 1. The average molecular weight is 399 g/mol. The van der Waals surface area contributed by atoms with E-state index in [0.29, 0.717) is 13.0 Å². The number of carbonyl (C=O) groups excluding carboxylic acids is 1. The van der Waals surface area contributed by atoms with Crippen molar-refractivity contribution in [3.8, 4) is 11.3 Å². The molecule has 30 heavy (non-hydrogen) atoms. The summed E-state index contributed by atoms with van der Waals surface area (Å²) in [6.07, 6.45) is 5.71. The summed E-state index contributed by atoms with van der Waals surface area (Å²) in [6.45, 7) is 4.57. The summed E-state index contributed by atoms with van der Waals surface area (Å²) in [5, 5.41) is 6.48. The Morgan fingerprint density at radius 1 is 1.10 bits per heavy atom. The lowest BCUT2D eigenvalue weighted by Gasteiger charge is -2.15. The van der Waals surface area contributed by atoms with Crippen molar-refractivity contribution in [2.75, 3.05) is 11.9 Å². The molecule has 2 N–H and O–H groups in total. The Morgan fingerprint density at radius 3 is 2.67 bits per heavy atom. The summed E-state index contributed by atoms with van der Waals surface area (Å²) in [5.41, 5.74) is 4.92. The van der Waals surface area contributed by atoms with Crippen LogP contribution in [0.4, 0.5) is 5.82 Å². The highest BCUT2D eigenvalue weighted by Crippen LogP contribution is 2.30. The predicted octanol–water partition coefficient (Wildman–Crippen LogP) is 4.38. The fourth-order valence-electron chi connectivity index (χ4n) is 3.54. The number of nitrogens with zero attached hydrogens (tertiary/aromatic N) is 3. The summed E-state index contributed by atoms with van der Waals surface area (Å²) in [4.78, 5) is 21.4. The van der Waals surface area contributed by atoms with Gasteiger partial charge in [0.25, 0.3) is 0 Å². The van der Waals surface area contributed by atoms with Gasteiger partial charge in [-0.25, -0.2) is 4.98 Å². The molecule has 0 saturated heterocycles. The van der Waals surface area contributed by atoms with Gasteiger partial charge in [0, 0.05) is 30.9 Å². The first-order valence-corrected chi connectivity index (χ1v) is 10.1. The molecule has 1 unspecified atom stereocenters. The number of rotatable bonds is 7. The van der Waals surface area contributed by atoms with Gasteiger partial charge in [0.05, 0.1) is 12.2 Å². The van der Waals surface area contributed by atoms with Crippen molar-refractivity contribution in [3.05, 3.63) is 84.3 Å². The number of hydrogen-bond acceptors (Lipinski definition) is 4. The first-order valence-electron chi connectivity index (χ1n) is 10.1. The van der Waals surface area contributed by atoms with Crippen molar-refractivity contribution in [2.45, 2.75) is 26.3 Å². The molecule has 152 valence electrons. The molecule has 0 radical (unpaired) electrons. The number of benzene rings is 2. The second kappa shape index (κ2) is 8.78. The van der Waals surface area contributed by atoms with Gasteiger partial charge < -0.3 is 10.6 Å². The van der Waals surface area contributed by atoms with Crippen LogP contribution in [0.15, 0.2) is 73.2 Å². The van der Waals surface area contributed by atoms with Gasteiger partial charge in [0.15, 0.2) is 5.65 Å². The molecule has 1 atom stereocenters. The van der Waals surface area contributed by atoms with E-state index in [4.69, 9.17) is 4.98 Å². The number of anilines is 1. The minimum atomic E-state index is -0.0249. The smallest absolute Gasteiger partial charge is 0.222 e. The van der Waals surface area contributed by atoms with Crippen LogP contribution >= 0.6 is 0 Å². The van der Waals surface area contributed by atoms with Crippen LogP contribution in [0.25, 0.3) is 16.9 Å². The molecule has 0 bridgehead atoms. The summed E-state index contributed by atoms with van der Waals surface area (Å²) >= 11 is 0. The van der Waals surface area contributed by atoms with Crippen LogP contribution in [0.3, 0.4) is 0 Å². The number of hydrogen-bond donors (Lipinski definition) is 2. The molecular weight excluding hydrogens is 374 g/mol. The molecule has 0 aliphatic heterocycles. The maximum atomic E-state index is 12.4. The topological polar surface area (TPSA) is 71.3 Å². The molecule has 2 aromatic carbocycles. The molecular formula is C24H25N5O. The standard InChI is InChI=1S/C24H25N5O/c1-17-8-6-7-11-20(17)23-24(29-15-14-25-16-21(29)28-23)26-13-12-22(30)27-18(2)19-9-4-3-5-10-19/h3-11,14-16,18,26H,12-13H2,1-2H3,(H,27,30). The molecule has 0 aliphatic carbocycles. The van der Waals surface area contributed by atoms with Crippen LogP contribution in [-0.4, -0.2) is 26.8 Å². The van der Waals surface area contributed by atoms with E-state index in [2.05, 4.69) is 34.7 Å². The maximum Gasteiger partial charge on any atom is 0.222 e. The molecule has 0 fully saturated rings.